The van der Waals surface area contributed by atoms with Crippen LogP contribution in [0.2, 0.25) is 5.02 Å². The molecule has 10 heteroatoms. The summed E-state index contributed by atoms with van der Waals surface area (Å²) >= 11 is 11.1. The highest BCUT2D eigenvalue weighted by Crippen LogP contribution is 2.31. The lowest BCUT2D eigenvalue weighted by Crippen LogP contribution is -2.08. The van der Waals surface area contributed by atoms with Crippen molar-refractivity contribution in [1.29, 1.82) is 0 Å². The van der Waals surface area contributed by atoms with Gasteiger partial charge in [-0.15, -0.1) is 10.2 Å². The summed E-state index contributed by atoms with van der Waals surface area (Å²) in [5, 5.41) is 18.5. The van der Waals surface area contributed by atoms with Gasteiger partial charge in [0.05, 0.1) is 15.2 Å². The topological polar surface area (TPSA) is 60.9 Å². The second kappa shape index (κ2) is 6.15. The van der Waals surface area contributed by atoms with Crippen LogP contribution >= 0.6 is 38.9 Å². The molecular formula is C15H11BrClFN6S. The quantitative estimate of drug-likeness (QED) is 0.469. The number of aryl methyl sites for hydroxylation is 1. The lowest BCUT2D eigenvalue weighted by atomic mass is 10.2. The average molecular weight is 442 g/mol. The van der Waals surface area contributed by atoms with Crippen LogP contribution in [0.4, 0.5) is 4.39 Å². The first-order chi connectivity index (χ1) is 11.9. The molecule has 1 aromatic carbocycles. The van der Waals surface area contributed by atoms with Gasteiger partial charge in [0.2, 0.25) is 4.96 Å². The minimum Gasteiger partial charge on any atom is -0.262 e. The van der Waals surface area contributed by atoms with Crippen LogP contribution in [0.25, 0.3) is 16.3 Å². The van der Waals surface area contributed by atoms with Crippen molar-refractivity contribution in [2.45, 2.75) is 19.9 Å². The Morgan fingerprint density at radius 2 is 2.08 bits per heavy atom. The Balaban J connectivity index is 1.79. The van der Waals surface area contributed by atoms with E-state index in [0.29, 0.717) is 21.4 Å². The molecule has 3 heterocycles. The van der Waals surface area contributed by atoms with E-state index < -0.39 is 5.82 Å². The first kappa shape index (κ1) is 16.6. The summed E-state index contributed by atoms with van der Waals surface area (Å²) in [5.41, 5.74) is 1.36. The number of hydrogen-bond donors (Lipinski definition) is 0. The molecule has 4 aromatic rings. The van der Waals surface area contributed by atoms with Gasteiger partial charge in [-0.2, -0.15) is 14.7 Å². The number of halogens is 3. The summed E-state index contributed by atoms with van der Waals surface area (Å²) in [7, 11) is 0. The third-order valence-corrected chi connectivity index (χ3v) is 5.96. The molecule has 0 unspecified atom stereocenters. The summed E-state index contributed by atoms with van der Waals surface area (Å²) in [6, 6.07) is 4.05. The smallest absolute Gasteiger partial charge is 0.235 e. The third-order valence-electron chi connectivity index (χ3n) is 3.79. The van der Waals surface area contributed by atoms with Crippen LogP contribution < -0.4 is 0 Å². The SMILES string of the molecule is Cc1nn([C@H](C)c2nn3c(-c4cc(F)ccc4Cl)nnc3s2)cc1Br. The zero-order chi connectivity index (χ0) is 17.7. The van der Waals surface area contributed by atoms with Crippen LogP contribution in [0.3, 0.4) is 0 Å². The molecule has 0 amide bonds. The van der Waals surface area contributed by atoms with Gasteiger partial charge in [-0.25, -0.2) is 4.39 Å². The van der Waals surface area contributed by atoms with Crippen molar-refractivity contribution in [3.8, 4) is 11.4 Å². The van der Waals surface area contributed by atoms with Crippen molar-refractivity contribution in [1.82, 2.24) is 29.6 Å². The highest BCUT2D eigenvalue weighted by molar-refractivity contribution is 9.10. The molecule has 0 spiro atoms. The van der Waals surface area contributed by atoms with Gasteiger partial charge in [0.1, 0.15) is 16.9 Å². The first-order valence-electron chi connectivity index (χ1n) is 7.33. The van der Waals surface area contributed by atoms with Crippen LogP contribution in [0.1, 0.15) is 23.7 Å². The average Bonchev–Trinajstić information content (AvgIpc) is 3.24. The van der Waals surface area contributed by atoms with E-state index >= 15 is 0 Å². The van der Waals surface area contributed by atoms with Crippen molar-refractivity contribution < 1.29 is 4.39 Å². The molecule has 0 radical (unpaired) electrons. The van der Waals surface area contributed by atoms with Crippen LogP contribution in [0.15, 0.2) is 28.9 Å². The fourth-order valence-electron chi connectivity index (χ4n) is 2.41. The van der Waals surface area contributed by atoms with E-state index in [9.17, 15) is 4.39 Å². The van der Waals surface area contributed by atoms with Gasteiger partial charge >= 0.3 is 0 Å². The maximum Gasteiger partial charge on any atom is 0.235 e. The second-order valence-corrected chi connectivity index (χ2v) is 7.75. The molecule has 0 aliphatic carbocycles. The highest BCUT2D eigenvalue weighted by Gasteiger charge is 2.20. The van der Waals surface area contributed by atoms with Gasteiger partial charge in [-0.1, -0.05) is 22.9 Å². The van der Waals surface area contributed by atoms with Crippen molar-refractivity contribution in [2.75, 3.05) is 0 Å². The minimum atomic E-state index is -0.392. The number of nitrogens with zero attached hydrogens (tertiary/aromatic N) is 6. The minimum absolute atomic E-state index is 0.0764. The summed E-state index contributed by atoms with van der Waals surface area (Å²) in [6.07, 6.45) is 1.91. The van der Waals surface area contributed by atoms with Crippen LogP contribution in [-0.2, 0) is 0 Å². The molecule has 3 aromatic heterocycles. The maximum absolute atomic E-state index is 13.6. The molecule has 0 N–H and O–H groups in total. The lowest BCUT2D eigenvalue weighted by molar-refractivity contribution is 0.551. The summed E-state index contributed by atoms with van der Waals surface area (Å²) in [5.74, 6) is 0.0175. The van der Waals surface area contributed by atoms with Gasteiger partial charge in [0.15, 0.2) is 5.82 Å². The van der Waals surface area contributed by atoms with E-state index in [4.69, 9.17) is 11.6 Å². The molecule has 0 bridgehead atoms. The Kier molecular flexibility index (Phi) is 4.09. The van der Waals surface area contributed by atoms with E-state index in [1.54, 1.807) is 4.52 Å². The molecule has 1 atom stereocenters. The molecule has 0 saturated heterocycles. The van der Waals surface area contributed by atoms with E-state index in [0.717, 1.165) is 15.2 Å². The number of rotatable bonds is 3. The molecule has 4 rings (SSSR count). The summed E-state index contributed by atoms with van der Waals surface area (Å²) in [4.78, 5) is 0.611. The van der Waals surface area contributed by atoms with Gasteiger partial charge < -0.3 is 0 Å². The third kappa shape index (κ3) is 2.86. The maximum atomic E-state index is 13.6. The number of aromatic nitrogens is 6. The van der Waals surface area contributed by atoms with E-state index in [2.05, 4.69) is 36.3 Å². The Bertz CT molecular complexity index is 1070. The van der Waals surface area contributed by atoms with Crippen molar-refractivity contribution in [3.05, 3.63) is 50.4 Å². The highest BCUT2D eigenvalue weighted by atomic mass is 79.9. The molecule has 0 fully saturated rings. The van der Waals surface area contributed by atoms with Gasteiger partial charge in [-0.3, -0.25) is 4.68 Å². The Labute approximate surface area is 159 Å². The van der Waals surface area contributed by atoms with Crippen LogP contribution in [0, 0.1) is 12.7 Å². The molecule has 128 valence electrons. The molecule has 0 aliphatic heterocycles. The van der Waals surface area contributed by atoms with Crippen LogP contribution in [-0.4, -0.2) is 29.6 Å². The van der Waals surface area contributed by atoms with Crippen molar-refractivity contribution in [3.63, 3.8) is 0 Å². The number of fused-ring (bicyclic) bond motifs is 1. The Morgan fingerprint density at radius 1 is 1.28 bits per heavy atom. The van der Waals surface area contributed by atoms with E-state index in [1.165, 1.54) is 29.5 Å². The zero-order valence-electron chi connectivity index (χ0n) is 13.1. The first-order valence-corrected chi connectivity index (χ1v) is 9.31. The normalized spacial score (nSPS) is 12.8. The summed E-state index contributed by atoms with van der Waals surface area (Å²) < 4.78 is 17.9. The van der Waals surface area contributed by atoms with E-state index in [-0.39, 0.29) is 6.04 Å². The molecule has 6 nitrogen and oxygen atoms in total. The number of benzene rings is 1. The molecule has 0 aliphatic rings. The monoisotopic (exact) mass is 440 g/mol. The standard InChI is InChI=1S/C15H11BrClFN6S/c1-7-11(16)6-23(21-7)8(2)14-22-24-13(19-20-15(24)25-14)10-5-9(18)3-4-12(10)17/h3-6,8H,1-2H3/t8-/m1/s1. The Morgan fingerprint density at radius 3 is 2.80 bits per heavy atom. The van der Waals surface area contributed by atoms with Crippen molar-refractivity contribution in [2.24, 2.45) is 0 Å². The lowest BCUT2D eigenvalue weighted by Gasteiger charge is -2.07. The largest absolute Gasteiger partial charge is 0.262 e. The van der Waals surface area contributed by atoms with Gasteiger partial charge in [0.25, 0.3) is 0 Å². The zero-order valence-corrected chi connectivity index (χ0v) is 16.3. The molecular weight excluding hydrogens is 431 g/mol. The fraction of sp³-hybridized carbons (Fsp3) is 0.200. The van der Waals surface area contributed by atoms with E-state index in [1.807, 2.05) is 24.7 Å². The second-order valence-electron chi connectivity index (χ2n) is 5.50. The summed E-state index contributed by atoms with van der Waals surface area (Å²) in [6.45, 7) is 3.93. The van der Waals surface area contributed by atoms with Gasteiger partial charge in [-0.05, 0) is 48.0 Å². The number of hydrogen-bond acceptors (Lipinski definition) is 5. The van der Waals surface area contributed by atoms with Crippen LogP contribution in [0.5, 0.6) is 0 Å². The molecule has 25 heavy (non-hydrogen) atoms. The van der Waals surface area contributed by atoms with Crippen molar-refractivity contribution >= 4 is 43.8 Å². The predicted molar refractivity (Wildman–Crippen MR) is 97.5 cm³/mol. The Hall–Kier alpha value is -1.84. The molecule has 0 saturated carbocycles. The predicted octanol–water partition coefficient (Wildman–Crippen LogP) is 4.52. The van der Waals surface area contributed by atoms with Gasteiger partial charge in [0, 0.05) is 11.8 Å². The fourth-order valence-corrected chi connectivity index (χ4v) is 3.78.